The van der Waals surface area contributed by atoms with E-state index in [-0.39, 0.29) is 0 Å². The summed E-state index contributed by atoms with van der Waals surface area (Å²) in [6.45, 7) is 5.30. The van der Waals surface area contributed by atoms with E-state index in [1.807, 2.05) is 0 Å². The second kappa shape index (κ2) is 4.89. The molecule has 0 bridgehead atoms. The van der Waals surface area contributed by atoms with Crippen molar-refractivity contribution in [1.29, 1.82) is 0 Å². The van der Waals surface area contributed by atoms with E-state index in [2.05, 4.69) is 23.4 Å². The fraction of sp³-hybridized carbons (Fsp3) is 0.769. The van der Waals surface area contributed by atoms with Crippen LogP contribution in [0.2, 0.25) is 0 Å². The maximum Gasteiger partial charge on any atom is 0.127 e. The summed E-state index contributed by atoms with van der Waals surface area (Å²) in [5.74, 6) is 2.65. The van der Waals surface area contributed by atoms with Crippen LogP contribution in [0.1, 0.15) is 62.9 Å². The van der Waals surface area contributed by atoms with Crippen LogP contribution in [0.4, 0.5) is 5.82 Å². The van der Waals surface area contributed by atoms with Crippen LogP contribution in [-0.4, -0.2) is 9.55 Å². The Labute approximate surface area is 98.1 Å². The molecule has 0 amide bonds. The summed E-state index contributed by atoms with van der Waals surface area (Å²) in [5, 5.41) is 0. The summed E-state index contributed by atoms with van der Waals surface area (Å²) < 4.78 is 2.19. The highest BCUT2D eigenvalue weighted by Crippen LogP contribution is 2.36. The van der Waals surface area contributed by atoms with Crippen LogP contribution in [0.15, 0.2) is 0 Å². The van der Waals surface area contributed by atoms with Crippen LogP contribution in [0.3, 0.4) is 0 Å². The molecule has 1 aliphatic rings. The van der Waals surface area contributed by atoms with Gasteiger partial charge in [-0.2, -0.15) is 0 Å². The third kappa shape index (κ3) is 2.08. The maximum absolute atomic E-state index is 6.23. The van der Waals surface area contributed by atoms with Crippen molar-refractivity contribution in [2.75, 3.05) is 5.73 Å². The first kappa shape index (κ1) is 11.5. The summed E-state index contributed by atoms with van der Waals surface area (Å²) in [4.78, 5) is 4.68. The Kier molecular flexibility index (Phi) is 3.52. The van der Waals surface area contributed by atoms with Crippen molar-refractivity contribution in [3.63, 3.8) is 0 Å². The molecule has 0 radical (unpaired) electrons. The predicted molar refractivity (Wildman–Crippen MR) is 67.5 cm³/mol. The first-order valence-electron chi connectivity index (χ1n) is 6.56. The van der Waals surface area contributed by atoms with Gasteiger partial charge in [0.2, 0.25) is 0 Å². The molecule has 0 spiro atoms. The van der Waals surface area contributed by atoms with E-state index in [9.17, 15) is 0 Å². The fourth-order valence-electron chi connectivity index (χ4n) is 2.70. The molecule has 0 aromatic carbocycles. The Bertz CT molecular complexity index is 348. The average molecular weight is 221 g/mol. The quantitative estimate of drug-likeness (QED) is 0.848. The zero-order valence-electron chi connectivity index (χ0n) is 10.5. The minimum Gasteiger partial charge on any atom is -0.384 e. The molecule has 0 saturated heterocycles. The number of hydrogen-bond donors (Lipinski definition) is 1. The molecule has 0 atom stereocenters. The number of unbranched alkanes of at least 4 members (excludes halogenated alkanes) is 1. The Hall–Kier alpha value is -0.990. The van der Waals surface area contributed by atoms with Crippen LogP contribution in [0.5, 0.6) is 0 Å². The van der Waals surface area contributed by atoms with Gasteiger partial charge in [0, 0.05) is 12.5 Å². The largest absolute Gasteiger partial charge is 0.384 e. The van der Waals surface area contributed by atoms with Gasteiger partial charge in [-0.05, 0) is 26.2 Å². The molecule has 90 valence electrons. The lowest BCUT2D eigenvalue weighted by molar-refractivity contribution is 0.622. The highest BCUT2D eigenvalue weighted by atomic mass is 15.1. The second-order valence-electron chi connectivity index (χ2n) is 4.92. The molecule has 1 saturated carbocycles. The topological polar surface area (TPSA) is 43.8 Å². The van der Waals surface area contributed by atoms with Gasteiger partial charge >= 0.3 is 0 Å². The standard InChI is InChI=1S/C13H23N3/c1-3-4-9-16-10(2)15-12(13(16)14)11-7-5-6-8-11/h11H,3-9,14H2,1-2H3. The van der Waals surface area contributed by atoms with Gasteiger partial charge in [0.25, 0.3) is 0 Å². The van der Waals surface area contributed by atoms with E-state index in [1.54, 1.807) is 0 Å². The number of nitrogen functional groups attached to an aromatic ring is 1. The maximum atomic E-state index is 6.23. The first-order chi connectivity index (χ1) is 7.74. The van der Waals surface area contributed by atoms with E-state index in [0.717, 1.165) is 18.2 Å². The molecular formula is C13H23N3. The predicted octanol–water partition coefficient (Wildman–Crippen LogP) is 3.23. The molecule has 2 N–H and O–H groups in total. The number of nitrogens with zero attached hydrogens (tertiary/aromatic N) is 2. The van der Waals surface area contributed by atoms with Crippen molar-refractivity contribution in [2.24, 2.45) is 0 Å². The minimum absolute atomic E-state index is 0.626. The highest BCUT2D eigenvalue weighted by Gasteiger charge is 2.23. The summed E-state index contributed by atoms with van der Waals surface area (Å²) in [5.41, 5.74) is 7.40. The van der Waals surface area contributed by atoms with E-state index in [0.29, 0.717) is 5.92 Å². The van der Waals surface area contributed by atoms with Crippen LogP contribution >= 0.6 is 0 Å². The Balaban J connectivity index is 2.19. The molecule has 3 heteroatoms. The molecule has 1 fully saturated rings. The number of imidazole rings is 1. The molecule has 2 rings (SSSR count). The molecule has 3 nitrogen and oxygen atoms in total. The van der Waals surface area contributed by atoms with Crippen molar-refractivity contribution in [3.8, 4) is 0 Å². The van der Waals surface area contributed by atoms with Crippen molar-refractivity contribution in [3.05, 3.63) is 11.5 Å². The van der Waals surface area contributed by atoms with Gasteiger partial charge in [-0.1, -0.05) is 26.2 Å². The smallest absolute Gasteiger partial charge is 0.127 e. The van der Waals surface area contributed by atoms with Gasteiger partial charge < -0.3 is 10.3 Å². The first-order valence-corrected chi connectivity index (χ1v) is 6.56. The van der Waals surface area contributed by atoms with Crippen molar-refractivity contribution in [1.82, 2.24) is 9.55 Å². The summed E-state index contributed by atoms with van der Waals surface area (Å²) >= 11 is 0. The Morgan fingerprint density at radius 3 is 2.69 bits per heavy atom. The third-order valence-corrected chi connectivity index (χ3v) is 3.70. The fourth-order valence-corrected chi connectivity index (χ4v) is 2.70. The molecule has 1 aromatic heterocycles. The third-order valence-electron chi connectivity index (χ3n) is 3.70. The summed E-state index contributed by atoms with van der Waals surface area (Å²) in [7, 11) is 0. The zero-order valence-corrected chi connectivity index (χ0v) is 10.5. The number of aromatic nitrogens is 2. The van der Waals surface area contributed by atoms with Crippen molar-refractivity contribution in [2.45, 2.75) is 64.8 Å². The lowest BCUT2D eigenvalue weighted by atomic mass is 10.0. The number of nitrogens with two attached hydrogens (primary N) is 1. The molecule has 1 heterocycles. The number of anilines is 1. The SMILES string of the molecule is CCCCn1c(C)nc(C2CCCC2)c1N. The molecule has 16 heavy (non-hydrogen) atoms. The van der Waals surface area contributed by atoms with Gasteiger partial charge in [0.1, 0.15) is 11.6 Å². The van der Waals surface area contributed by atoms with Crippen LogP contribution in [0.25, 0.3) is 0 Å². The van der Waals surface area contributed by atoms with E-state index < -0.39 is 0 Å². The minimum atomic E-state index is 0.626. The highest BCUT2D eigenvalue weighted by molar-refractivity contribution is 5.40. The summed E-state index contributed by atoms with van der Waals surface area (Å²) in [6, 6.07) is 0. The van der Waals surface area contributed by atoms with Gasteiger partial charge in [0.15, 0.2) is 0 Å². The lowest BCUT2D eigenvalue weighted by Crippen LogP contribution is -2.06. The monoisotopic (exact) mass is 221 g/mol. The zero-order chi connectivity index (χ0) is 11.5. The molecule has 0 unspecified atom stereocenters. The normalized spacial score (nSPS) is 17.1. The molecule has 1 aromatic rings. The number of aryl methyl sites for hydroxylation is 1. The van der Waals surface area contributed by atoms with Crippen LogP contribution < -0.4 is 5.73 Å². The van der Waals surface area contributed by atoms with E-state index >= 15 is 0 Å². The molecule has 1 aliphatic carbocycles. The van der Waals surface area contributed by atoms with Crippen LogP contribution in [-0.2, 0) is 6.54 Å². The number of hydrogen-bond acceptors (Lipinski definition) is 2. The Morgan fingerprint density at radius 1 is 1.38 bits per heavy atom. The van der Waals surface area contributed by atoms with E-state index in [1.165, 1.54) is 44.2 Å². The molecule has 0 aliphatic heterocycles. The van der Waals surface area contributed by atoms with Gasteiger partial charge in [-0.3, -0.25) is 0 Å². The number of rotatable bonds is 4. The van der Waals surface area contributed by atoms with Gasteiger partial charge in [0.05, 0.1) is 5.69 Å². The van der Waals surface area contributed by atoms with Crippen molar-refractivity contribution < 1.29 is 0 Å². The summed E-state index contributed by atoms with van der Waals surface area (Å²) in [6.07, 6.45) is 7.61. The Morgan fingerprint density at radius 2 is 2.06 bits per heavy atom. The lowest BCUT2D eigenvalue weighted by Gasteiger charge is -2.09. The second-order valence-corrected chi connectivity index (χ2v) is 4.92. The van der Waals surface area contributed by atoms with Gasteiger partial charge in [-0.15, -0.1) is 0 Å². The van der Waals surface area contributed by atoms with Crippen molar-refractivity contribution >= 4 is 5.82 Å². The van der Waals surface area contributed by atoms with E-state index in [4.69, 9.17) is 5.73 Å². The average Bonchev–Trinajstić information content (AvgIpc) is 2.86. The van der Waals surface area contributed by atoms with Gasteiger partial charge in [-0.25, -0.2) is 4.98 Å². The van der Waals surface area contributed by atoms with Crippen LogP contribution in [0, 0.1) is 6.92 Å². The molecular weight excluding hydrogens is 198 g/mol.